The zero-order valence-corrected chi connectivity index (χ0v) is 15.0. The van der Waals surface area contributed by atoms with Crippen LogP contribution in [-0.4, -0.2) is 47.3 Å². The van der Waals surface area contributed by atoms with E-state index in [0.717, 1.165) is 29.9 Å². The number of ether oxygens (including phenoxy) is 1. The Bertz CT molecular complexity index is 769. The number of hydrogen-bond donors (Lipinski definition) is 1. The molecule has 1 aromatic carbocycles. The van der Waals surface area contributed by atoms with Crippen molar-refractivity contribution in [3.63, 3.8) is 0 Å². The van der Waals surface area contributed by atoms with Gasteiger partial charge >= 0.3 is 12.0 Å². The number of halogens is 1. The molecule has 2 fully saturated rings. The van der Waals surface area contributed by atoms with Gasteiger partial charge in [0.15, 0.2) is 12.4 Å². The summed E-state index contributed by atoms with van der Waals surface area (Å²) in [5.41, 5.74) is -0.720. The van der Waals surface area contributed by atoms with E-state index in [1.807, 2.05) is 0 Å². The Morgan fingerprint density at radius 1 is 1.22 bits per heavy atom. The fraction of sp³-hybridized carbons (Fsp3) is 0.474. The van der Waals surface area contributed by atoms with Gasteiger partial charge in [-0.15, -0.1) is 0 Å². The van der Waals surface area contributed by atoms with Crippen LogP contribution in [0, 0.1) is 11.7 Å². The predicted molar refractivity (Wildman–Crippen MR) is 92.3 cm³/mol. The molecule has 0 bridgehead atoms. The van der Waals surface area contributed by atoms with Gasteiger partial charge in [-0.2, -0.15) is 0 Å². The number of amides is 3. The molecule has 0 radical (unpaired) electrons. The zero-order valence-electron chi connectivity index (χ0n) is 15.0. The van der Waals surface area contributed by atoms with Crippen LogP contribution in [-0.2, 0) is 14.3 Å². The molecule has 0 aromatic heterocycles. The Kier molecular flexibility index (Phi) is 5.25. The Morgan fingerprint density at radius 2 is 1.85 bits per heavy atom. The summed E-state index contributed by atoms with van der Waals surface area (Å²) in [6.45, 7) is 1.01. The molecule has 1 spiro atoms. The van der Waals surface area contributed by atoms with E-state index in [9.17, 15) is 23.6 Å². The molecule has 1 saturated carbocycles. The van der Waals surface area contributed by atoms with Gasteiger partial charge in [-0.05, 0) is 55.9 Å². The highest BCUT2D eigenvalue weighted by molar-refractivity contribution is 6.08. The normalized spacial score (nSPS) is 24.8. The highest BCUT2D eigenvalue weighted by atomic mass is 19.1. The summed E-state index contributed by atoms with van der Waals surface area (Å²) >= 11 is 0. The van der Waals surface area contributed by atoms with Crippen molar-refractivity contribution in [1.29, 1.82) is 0 Å². The van der Waals surface area contributed by atoms with Gasteiger partial charge in [0.25, 0.3) is 5.91 Å². The second-order valence-corrected chi connectivity index (χ2v) is 7.18. The first-order valence-electron chi connectivity index (χ1n) is 8.89. The number of benzene rings is 1. The lowest BCUT2D eigenvalue weighted by atomic mass is 9.77. The Balaban J connectivity index is 1.54. The minimum atomic E-state index is -0.923. The number of rotatable bonds is 5. The molecule has 8 heteroatoms. The van der Waals surface area contributed by atoms with Crippen molar-refractivity contribution in [2.45, 2.75) is 38.1 Å². The van der Waals surface area contributed by atoms with E-state index in [2.05, 4.69) is 12.2 Å². The Hall–Kier alpha value is -2.77. The number of nitrogens with zero attached hydrogens (tertiary/aromatic N) is 1. The summed E-state index contributed by atoms with van der Waals surface area (Å²) in [4.78, 5) is 49.6. The summed E-state index contributed by atoms with van der Waals surface area (Å²) in [6, 6.07) is 4.23. The summed E-state index contributed by atoms with van der Waals surface area (Å²) < 4.78 is 17.7. The number of carbonyl (C=O) groups is 4. The van der Waals surface area contributed by atoms with E-state index in [4.69, 9.17) is 4.74 Å². The minimum absolute atomic E-state index is 0.203. The van der Waals surface area contributed by atoms with Crippen LogP contribution in [0.4, 0.5) is 9.18 Å². The van der Waals surface area contributed by atoms with Crippen molar-refractivity contribution in [2.75, 3.05) is 13.2 Å². The maximum Gasteiger partial charge on any atom is 0.326 e. The highest BCUT2D eigenvalue weighted by Crippen LogP contribution is 2.36. The van der Waals surface area contributed by atoms with Crippen LogP contribution in [0.1, 0.15) is 43.0 Å². The molecule has 27 heavy (non-hydrogen) atoms. The monoisotopic (exact) mass is 376 g/mol. The Labute approximate surface area is 155 Å². The van der Waals surface area contributed by atoms with Gasteiger partial charge < -0.3 is 10.1 Å². The maximum atomic E-state index is 12.9. The lowest BCUT2D eigenvalue weighted by Gasteiger charge is -2.33. The zero-order chi connectivity index (χ0) is 19.6. The lowest BCUT2D eigenvalue weighted by Crippen LogP contribution is -2.49. The number of imide groups is 1. The van der Waals surface area contributed by atoms with Crippen molar-refractivity contribution in [3.8, 4) is 0 Å². The fourth-order valence-electron chi connectivity index (χ4n) is 3.45. The molecule has 0 atom stereocenters. The smallest absolute Gasteiger partial charge is 0.326 e. The van der Waals surface area contributed by atoms with Gasteiger partial charge in [0, 0.05) is 5.56 Å². The molecule has 3 amide bonds. The van der Waals surface area contributed by atoms with Crippen LogP contribution >= 0.6 is 0 Å². The minimum Gasteiger partial charge on any atom is -0.456 e. The average molecular weight is 376 g/mol. The number of carbonyl (C=O) groups excluding carboxylic acids is 4. The molecule has 144 valence electrons. The van der Waals surface area contributed by atoms with Gasteiger partial charge in [0.1, 0.15) is 17.9 Å². The van der Waals surface area contributed by atoms with Gasteiger partial charge in [0.2, 0.25) is 0 Å². The first-order chi connectivity index (χ1) is 12.8. The van der Waals surface area contributed by atoms with Gasteiger partial charge in [0.05, 0.1) is 0 Å². The summed E-state index contributed by atoms with van der Waals surface area (Å²) in [6.07, 6.45) is 2.76. The third kappa shape index (κ3) is 3.99. The molecule has 1 aliphatic heterocycles. The second-order valence-electron chi connectivity index (χ2n) is 7.18. The van der Waals surface area contributed by atoms with Gasteiger partial charge in [-0.1, -0.05) is 6.92 Å². The van der Waals surface area contributed by atoms with Crippen LogP contribution in [0.5, 0.6) is 0 Å². The molecular weight excluding hydrogens is 355 g/mol. The van der Waals surface area contributed by atoms with Crippen molar-refractivity contribution >= 4 is 23.7 Å². The number of hydrogen-bond acceptors (Lipinski definition) is 5. The van der Waals surface area contributed by atoms with E-state index < -0.39 is 48.2 Å². The maximum absolute atomic E-state index is 12.9. The number of urea groups is 1. The molecule has 1 saturated heterocycles. The molecule has 0 unspecified atom stereocenters. The average Bonchev–Trinajstić information content (AvgIpc) is 2.87. The standard InChI is InChI=1S/C19H21FN2O5/c1-12-6-8-19(9-7-12)17(25)22(18(26)21-19)10-16(24)27-11-15(23)13-2-4-14(20)5-3-13/h2-5,12H,6-11H2,1H3,(H,21,26). The third-order valence-corrected chi connectivity index (χ3v) is 5.19. The van der Waals surface area contributed by atoms with Crippen molar-refractivity contribution in [1.82, 2.24) is 10.2 Å². The van der Waals surface area contributed by atoms with E-state index in [0.29, 0.717) is 18.8 Å². The van der Waals surface area contributed by atoms with Gasteiger partial charge in [-0.25, -0.2) is 9.18 Å². The number of nitrogens with one attached hydrogen (secondary N) is 1. The predicted octanol–water partition coefficient (Wildman–Crippen LogP) is 2.05. The molecule has 1 N–H and O–H groups in total. The first kappa shape index (κ1) is 19.0. The van der Waals surface area contributed by atoms with Gasteiger partial charge in [-0.3, -0.25) is 19.3 Å². The number of Topliss-reactive ketones (excluding diaryl/α,β-unsaturated/α-hetero) is 1. The summed E-state index contributed by atoms with van der Waals surface area (Å²) in [5, 5.41) is 2.72. The van der Waals surface area contributed by atoms with Crippen LogP contribution in [0.25, 0.3) is 0 Å². The van der Waals surface area contributed by atoms with Crippen LogP contribution in [0.2, 0.25) is 0 Å². The van der Waals surface area contributed by atoms with Crippen molar-refractivity contribution in [2.24, 2.45) is 5.92 Å². The van der Waals surface area contributed by atoms with Crippen LogP contribution in [0.3, 0.4) is 0 Å². The van der Waals surface area contributed by atoms with E-state index in [1.54, 1.807) is 0 Å². The molecule has 2 aliphatic rings. The van der Waals surface area contributed by atoms with E-state index >= 15 is 0 Å². The summed E-state index contributed by atoms with van der Waals surface area (Å²) in [7, 11) is 0. The fourth-order valence-corrected chi connectivity index (χ4v) is 3.45. The molecule has 1 aliphatic carbocycles. The molecule has 7 nitrogen and oxygen atoms in total. The van der Waals surface area contributed by atoms with Crippen LogP contribution < -0.4 is 5.32 Å². The first-order valence-corrected chi connectivity index (χ1v) is 8.89. The van der Waals surface area contributed by atoms with Crippen molar-refractivity contribution in [3.05, 3.63) is 35.6 Å². The topological polar surface area (TPSA) is 92.8 Å². The highest BCUT2D eigenvalue weighted by Gasteiger charge is 2.52. The number of esters is 1. The molecule has 1 heterocycles. The van der Waals surface area contributed by atoms with Crippen molar-refractivity contribution < 1.29 is 28.3 Å². The molecule has 1 aromatic rings. The number of ketones is 1. The Morgan fingerprint density at radius 3 is 2.48 bits per heavy atom. The largest absolute Gasteiger partial charge is 0.456 e. The quantitative estimate of drug-likeness (QED) is 0.482. The van der Waals surface area contributed by atoms with Crippen LogP contribution in [0.15, 0.2) is 24.3 Å². The van der Waals surface area contributed by atoms with E-state index in [-0.39, 0.29) is 5.56 Å². The molecular formula is C19H21FN2O5. The second kappa shape index (κ2) is 7.46. The lowest BCUT2D eigenvalue weighted by molar-refractivity contribution is -0.147. The molecule has 3 rings (SSSR count). The summed E-state index contributed by atoms with van der Waals surface area (Å²) in [5.74, 6) is -1.75. The SMILES string of the molecule is CC1CCC2(CC1)NC(=O)N(CC(=O)OCC(=O)c1ccc(F)cc1)C2=O. The van der Waals surface area contributed by atoms with E-state index in [1.165, 1.54) is 12.1 Å². The third-order valence-electron chi connectivity index (χ3n) is 5.19.